The summed E-state index contributed by atoms with van der Waals surface area (Å²) < 4.78 is 1.81. The van der Waals surface area contributed by atoms with Gasteiger partial charge in [-0.3, -0.25) is 19.8 Å². The van der Waals surface area contributed by atoms with Crippen molar-refractivity contribution in [2.75, 3.05) is 5.32 Å². The molecule has 1 unspecified atom stereocenters. The van der Waals surface area contributed by atoms with Gasteiger partial charge in [-0.2, -0.15) is 5.10 Å². The van der Waals surface area contributed by atoms with Crippen molar-refractivity contribution in [2.45, 2.75) is 26.8 Å². The lowest BCUT2D eigenvalue weighted by Gasteiger charge is -2.16. The molecule has 0 saturated carbocycles. The van der Waals surface area contributed by atoms with Crippen molar-refractivity contribution in [2.24, 2.45) is 7.05 Å². The van der Waals surface area contributed by atoms with E-state index in [1.165, 1.54) is 12.4 Å². The van der Waals surface area contributed by atoms with E-state index in [9.17, 15) is 10.1 Å². The Morgan fingerprint density at radius 1 is 1.45 bits per heavy atom. The molecule has 1 atom stereocenters. The van der Waals surface area contributed by atoms with Crippen LogP contribution < -0.4 is 5.32 Å². The number of nitro groups is 1. The average Bonchev–Trinajstić information content (AvgIpc) is 2.63. The first-order chi connectivity index (χ1) is 9.41. The van der Waals surface area contributed by atoms with Crippen molar-refractivity contribution in [3.63, 3.8) is 0 Å². The summed E-state index contributed by atoms with van der Waals surface area (Å²) >= 11 is 0. The summed E-state index contributed by atoms with van der Waals surface area (Å²) in [5, 5.41) is 18.5. The first-order valence-electron chi connectivity index (χ1n) is 6.26. The fourth-order valence-electron chi connectivity index (χ4n) is 2.38. The van der Waals surface area contributed by atoms with Crippen LogP contribution in [0.25, 0.3) is 0 Å². The van der Waals surface area contributed by atoms with E-state index in [-0.39, 0.29) is 11.7 Å². The Kier molecular flexibility index (Phi) is 3.69. The van der Waals surface area contributed by atoms with E-state index < -0.39 is 4.92 Å². The molecule has 2 rings (SSSR count). The normalized spacial score (nSPS) is 12.2. The van der Waals surface area contributed by atoms with Crippen LogP contribution in [0.3, 0.4) is 0 Å². The van der Waals surface area contributed by atoms with E-state index in [0.29, 0.717) is 5.69 Å². The van der Waals surface area contributed by atoms with E-state index in [1.807, 2.05) is 32.5 Å². The Morgan fingerprint density at radius 3 is 2.70 bits per heavy atom. The van der Waals surface area contributed by atoms with Crippen molar-refractivity contribution in [3.8, 4) is 0 Å². The third-order valence-corrected chi connectivity index (χ3v) is 3.37. The van der Waals surface area contributed by atoms with E-state index in [2.05, 4.69) is 15.4 Å². The number of pyridine rings is 1. The number of aromatic nitrogens is 3. The lowest BCUT2D eigenvalue weighted by molar-refractivity contribution is -0.384. The van der Waals surface area contributed by atoms with Gasteiger partial charge in [-0.25, -0.2) is 0 Å². The van der Waals surface area contributed by atoms with Crippen molar-refractivity contribution in [3.05, 3.63) is 45.5 Å². The molecule has 1 N–H and O–H groups in total. The smallest absolute Gasteiger partial charge is 0.310 e. The molecule has 20 heavy (non-hydrogen) atoms. The molecule has 0 bridgehead atoms. The first kappa shape index (κ1) is 14.0. The van der Waals surface area contributed by atoms with Gasteiger partial charge in [0.05, 0.1) is 16.7 Å². The third kappa shape index (κ3) is 2.47. The predicted octanol–water partition coefficient (Wildman–Crippen LogP) is 2.51. The number of nitrogens with zero attached hydrogens (tertiary/aromatic N) is 4. The van der Waals surface area contributed by atoms with Gasteiger partial charge in [-0.1, -0.05) is 0 Å². The molecule has 0 aliphatic heterocycles. The average molecular weight is 275 g/mol. The summed E-state index contributed by atoms with van der Waals surface area (Å²) in [5.41, 5.74) is 3.44. The van der Waals surface area contributed by atoms with E-state index in [4.69, 9.17) is 0 Å². The zero-order valence-corrected chi connectivity index (χ0v) is 11.9. The molecule has 0 fully saturated rings. The van der Waals surface area contributed by atoms with Crippen LogP contribution in [0.2, 0.25) is 0 Å². The second-order valence-corrected chi connectivity index (χ2v) is 4.72. The maximum absolute atomic E-state index is 11.0. The van der Waals surface area contributed by atoms with Gasteiger partial charge >= 0.3 is 5.69 Å². The van der Waals surface area contributed by atoms with E-state index in [1.54, 1.807) is 6.07 Å². The minimum Gasteiger partial charge on any atom is -0.373 e. The number of hydrogen-bond donors (Lipinski definition) is 1. The molecule has 2 aromatic rings. The van der Waals surface area contributed by atoms with Crippen molar-refractivity contribution < 1.29 is 4.92 Å². The predicted molar refractivity (Wildman–Crippen MR) is 75.6 cm³/mol. The zero-order chi connectivity index (χ0) is 14.9. The van der Waals surface area contributed by atoms with Gasteiger partial charge in [0.15, 0.2) is 0 Å². The molecule has 0 saturated heterocycles. The maximum atomic E-state index is 11.0. The van der Waals surface area contributed by atoms with Gasteiger partial charge in [0.25, 0.3) is 0 Å². The second kappa shape index (κ2) is 5.28. The molecule has 2 heterocycles. The summed E-state index contributed by atoms with van der Waals surface area (Å²) in [6.07, 6.45) is 2.78. The molecule has 0 aliphatic carbocycles. The van der Waals surface area contributed by atoms with Gasteiger partial charge in [-0.15, -0.1) is 0 Å². The molecule has 0 aromatic carbocycles. The highest BCUT2D eigenvalue weighted by molar-refractivity contribution is 5.60. The van der Waals surface area contributed by atoms with Crippen LogP contribution in [0.4, 0.5) is 11.4 Å². The van der Waals surface area contributed by atoms with Crippen LogP contribution >= 0.6 is 0 Å². The summed E-state index contributed by atoms with van der Waals surface area (Å²) in [4.78, 5) is 14.3. The number of aryl methyl sites for hydroxylation is 2. The number of nitrogens with one attached hydrogen (secondary N) is 1. The van der Waals surface area contributed by atoms with Gasteiger partial charge in [-0.05, 0) is 26.8 Å². The molecule has 7 nitrogen and oxygen atoms in total. The van der Waals surface area contributed by atoms with Gasteiger partial charge in [0, 0.05) is 24.5 Å². The fraction of sp³-hybridized carbons (Fsp3) is 0.385. The summed E-state index contributed by atoms with van der Waals surface area (Å²) in [6.45, 7) is 5.87. The van der Waals surface area contributed by atoms with Crippen molar-refractivity contribution in [1.29, 1.82) is 0 Å². The molecular weight excluding hydrogens is 258 g/mol. The fourth-order valence-corrected chi connectivity index (χ4v) is 2.38. The molecule has 0 aliphatic rings. The molecule has 106 valence electrons. The number of anilines is 1. The highest BCUT2D eigenvalue weighted by Gasteiger charge is 2.20. The molecule has 0 spiro atoms. The number of hydrogen-bond acceptors (Lipinski definition) is 5. The molecule has 0 radical (unpaired) electrons. The van der Waals surface area contributed by atoms with Crippen LogP contribution in [0, 0.1) is 24.0 Å². The molecule has 0 amide bonds. The topological polar surface area (TPSA) is 85.9 Å². The summed E-state index contributed by atoms with van der Waals surface area (Å²) in [7, 11) is 1.88. The largest absolute Gasteiger partial charge is 0.373 e. The first-order valence-corrected chi connectivity index (χ1v) is 6.26. The SMILES string of the molecule is Cc1nn(C)c(C)c1C(C)Nc1ccncc1[N+](=O)[O-]. The summed E-state index contributed by atoms with van der Waals surface area (Å²) in [6, 6.07) is 1.53. The Labute approximate surface area is 116 Å². The monoisotopic (exact) mass is 275 g/mol. The van der Waals surface area contributed by atoms with Crippen molar-refractivity contribution >= 4 is 11.4 Å². The lowest BCUT2D eigenvalue weighted by atomic mass is 10.1. The lowest BCUT2D eigenvalue weighted by Crippen LogP contribution is -2.10. The minimum absolute atomic E-state index is 0.0291. The zero-order valence-electron chi connectivity index (χ0n) is 11.9. The third-order valence-electron chi connectivity index (χ3n) is 3.37. The highest BCUT2D eigenvalue weighted by atomic mass is 16.6. The van der Waals surface area contributed by atoms with Crippen LogP contribution in [0.1, 0.15) is 29.9 Å². The minimum atomic E-state index is -0.439. The van der Waals surface area contributed by atoms with Gasteiger partial charge in [0.2, 0.25) is 0 Å². The van der Waals surface area contributed by atoms with Crippen molar-refractivity contribution in [1.82, 2.24) is 14.8 Å². The maximum Gasteiger partial charge on any atom is 0.310 e. The molecule has 2 aromatic heterocycles. The number of rotatable bonds is 4. The Bertz CT molecular complexity index is 650. The van der Waals surface area contributed by atoms with Crippen LogP contribution in [-0.2, 0) is 7.05 Å². The summed E-state index contributed by atoms with van der Waals surface area (Å²) in [5.74, 6) is 0. The molecular formula is C13H17N5O2. The van der Waals surface area contributed by atoms with Crippen LogP contribution in [0.5, 0.6) is 0 Å². The van der Waals surface area contributed by atoms with E-state index in [0.717, 1.165) is 17.0 Å². The van der Waals surface area contributed by atoms with Crippen LogP contribution in [-0.4, -0.2) is 19.7 Å². The molecule has 7 heteroatoms. The van der Waals surface area contributed by atoms with Gasteiger partial charge in [0.1, 0.15) is 11.9 Å². The Morgan fingerprint density at radius 2 is 2.15 bits per heavy atom. The Hall–Kier alpha value is -2.44. The van der Waals surface area contributed by atoms with E-state index >= 15 is 0 Å². The Balaban J connectivity index is 2.33. The van der Waals surface area contributed by atoms with Crippen LogP contribution in [0.15, 0.2) is 18.5 Å². The quantitative estimate of drug-likeness (QED) is 0.684. The highest BCUT2D eigenvalue weighted by Crippen LogP contribution is 2.29. The second-order valence-electron chi connectivity index (χ2n) is 4.72. The standard InChI is InChI=1S/C13H17N5O2/c1-8(13-9(2)16-17(4)10(13)3)15-11-5-6-14-7-12(11)18(19)20/h5-8H,1-4H3,(H,14,15). The van der Waals surface area contributed by atoms with Gasteiger partial charge < -0.3 is 5.32 Å².